The molecule has 0 aliphatic heterocycles. The molecule has 0 atom stereocenters. The van der Waals surface area contributed by atoms with Crippen LogP contribution in [0, 0.1) is 0 Å². The molecule has 0 bridgehead atoms. The standard InChI is InChI=1S/C21H25N3O3/c1-4-23(15(2)3)17-11-9-16(10-12-17)22-20(25)13-14-24-18-7-5-6-8-19(18)27-21(24)26/h5-12,15H,4,13-14H2,1-3H3,(H,22,25). The van der Waals surface area contributed by atoms with Crippen molar-refractivity contribution >= 4 is 28.4 Å². The van der Waals surface area contributed by atoms with Crippen LogP contribution in [0.5, 0.6) is 0 Å². The van der Waals surface area contributed by atoms with Gasteiger partial charge in [-0.15, -0.1) is 0 Å². The number of carbonyl (C=O) groups is 1. The van der Waals surface area contributed by atoms with Gasteiger partial charge in [-0.3, -0.25) is 9.36 Å². The Bertz CT molecular complexity index is 970. The van der Waals surface area contributed by atoms with Crippen molar-refractivity contribution in [1.29, 1.82) is 0 Å². The number of fused-ring (bicyclic) bond motifs is 1. The molecule has 3 rings (SSSR count). The van der Waals surface area contributed by atoms with Gasteiger partial charge in [-0.1, -0.05) is 12.1 Å². The summed E-state index contributed by atoms with van der Waals surface area (Å²) >= 11 is 0. The summed E-state index contributed by atoms with van der Waals surface area (Å²) in [5.74, 6) is -0.585. The van der Waals surface area contributed by atoms with Gasteiger partial charge in [-0.25, -0.2) is 4.79 Å². The Morgan fingerprint density at radius 2 is 1.85 bits per heavy atom. The summed E-state index contributed by atoms with van der Waals surface area (Å²) in [6.45, 7) is 7.63. The molecule has 6 heteroatoms. The Morgan fingerprint density at radius 3 is 2.52 bits per heavy atom. The van der Waals surface area contributed by atoms with Gasteiger partial charge < -0.3 is 14.6 Å². The van der Waals surface area contributed by atoms with Crippen LogP contribution >= 0.6 is 0 Å². The number of rotatable bonds is 7. The van der Waals surface area contributed by atoms with Gasteiger partial charge in [0.15, 0.2) is 5.58 Å². The van der Waals surface area contributed by atoms with Crippen molar-refractivity contribution in [3.05, 3.63) is 59.1 Å². The molecule has 0 saturated carbocycles. The maximum absolute atomic E-state index is 12.3. The molecule has 1 aromatic heterocycles. The van der Waals surface area contributed by atoms with Crippen molar-refractivity contribution in [3.63, 3.8) is 0 Å². The lowest BCUT2D eigenvalue weighted by atomic mass is 10.2. The van der Waals surface area contributed by atoms with Crippen LogP contribution in [0.2, 0.25) is 0 Å². The highest BCUT2D eigenvalue weighted by molar-refractivity contribution is 5.91. The summed E-state index contributed by atoms with van der Waals surface area (Å²) in [6, 6.07) is 15.4. The van der Waals surface area contributed by atoms with E-state index in [4.69, 9.17) is 4.42 Å². The summed E-state index contributed by atoms with van der Waals surface area (Å²) in [5.41, 5.74) is 3.10. The molecule has 0 aliphatic carbocycles. The van der Waals surface area contributed by atoms with E-state index in [9.17, 15) is 9.59 Å². The fourth-order valence-corrected chi connectivity index (χ4v) is 3.24. The second-order valence-corrected chi connectivity index (χ2v) is 6.71. The van der Waals surface area contributed by atoms with E-state index in [1.165, 1.54) is 4.57 Å². The minimum absolute atomic E-state index is 0.142. The second kappa shape index (κ2) is 8.12. The molecule has 0 aliphatic rings. The van der Waals surface area contributed by atoms with E-state index in [0.717, 1.165) is 17.9 Å². The van der Waals surface area contributed by atoms with E-state index in [0.29, 0.717) is 17.1 Å². The lowest BCUT2D eigenvalue weighted by molar-refractivity contribution is -0.116. The number of hydrogen-bond acceptors (Lipinski definition) is 4. The second-order valence-electron chi connectivity index (χ2n) is 6.71. The summed E-state index contributed by atoms with van der Waals surface area (Å²) in [7, 11) is 0. The Hall–Kier alpha value is -3.02. The molecule has 6 nitrogen and oxygen atoms in total. The van der Waals surface area contributed by atoms with Crippen LogP contribution in [0.25, 0.3) is 11.1 Å². The van der Waals surface area contributed by atoms with Crippen molar-refractivity contribution in [3.8, 4) is 0 Å². The van der Waals surface area contributed by atoms with Gasteiger partial charge in [0, 0.05) is 36.9 Å². The lowest BCUT2D eigenvalue weighted by Gasteiger charge is -2.27. The highest BCUT2D eigenvalue weighted by Gasteiger charge is 2.11. The number of anilines is 2. The SMILES string of the molecule is CCN(c1ccc(NC(=O)CCn2c(=O)oc3ccccc32)cc1)C(C)C. The van der Waals surface area contributed by atoms with Crippen LogP contribution in [-0.4, -0.2) is 23.1 Å². The van der Waals surface area contributed by atoms with Gasteiger partial charge >= 0.3 is 5.76 Å². The summed E-state index contributed by atoms with van der Waals surface area (Å²) < 4.78 is 6.67. The average Bonchev–Trinajstić information content (AvgIpc) is 2.97. The number of para-hydroxylation sites is 2. The molecule has 1 N–H and O–H groups in total. The fraction of sp³-hybridized carbons (Fsp3) is 0.333. The minimum atomic E-state index is -0.443. The summed E-state index contributed by atoms with van der Waals surface area (Å²) in [4.78, 5) is 26.5. The van der Waals surface area contributed by atoms with Crippen LogP contribution in [0.1, 0.15) is 27.2 Å². The monoisotopic (exact) mass is 367 g/mol. The zero-order chi connectivity index (χ0) is 19.4. The third-order valence-corrected chi connectivity index (χ3v) is 4.58. The van der Waals surface area contributed by atoms with Gasteiger partial charge in [0.1, 0.15) is 0 Å². The Kier molecular flexibility index (Phi) is 5.64. The zero-order valence-corrected chi connectivity index (χ0v) is 15.9. The van der Waals surface area contributed by atoms with Crippen LogP contribution in [0.4, 0.5) is 11.4 Å². The van der Waals surface area contributed by atoms with E-state index in [-0.39, 0.29) is 18.9 Å². The molecule has 0 radical (unpaired) electrons. The first-order valence-corrected chi connectivity index (χ1v) is 9.24. The predicted molar refractivity (Wildman–Crippen MR) is 108 cm³/mol. The maximum Gasteiger partial charge on any atom is 0.419 e. The molecule has 27 heavy (non-hydrogen) atoms. The fourth-order valence-electron chi connectivity index (χ4n) is 3.24. The number of carbonyl (C=O) groups excluding carboxylic acids is 1. The summed E-state index contributed by atoms with van der Waals surface area (Å²) in [6.07, 6.45) is 0.193. The van der Waals surface area contributed by atoms with Crippen molar-refractivity contribution in [2.75, 3.05) is 16.8 Å². The van der Waals surface area contributed by atoms with Crippen LogP contribution < -0.4 is 16.0 Å². The van der Waals surface area contributed by atoms with Gasteiger partial charge in [0.25, 0.3) is 0 Å². The molecule has 0 fully saturated rings. The van der Waals surface area contributed by atoms with Crippen LogP contribution in [0.3, 0.4) is 0 Å². The molecule has 3 aromatic rings. The van der Waals surface area contributed by atoms with E-state index in [1.54, 1.807) is 6.07 Å². The van der Waals surface area contributed by atoms with Crippen molar-refractivity contribution in [1.82, 2.24) is 4.57 Å². The first-order valence-electron chi connectivity index (χ1n) is 9.24. The number of benzene rings is 2. The molecule has 0 spiro atoms. The normalized spacial score (nSPS) is 11.1. The molecular formula is C21H25N3O3. The quantitative estimate of drug-likeness (QED) is 0.689. The lowest BCUT2D eigenvalue weighted by Crippen LogP contribution is -2.30. The minimum Gasteiger partial charge on any atom is -0.408 e. The number of nitrogens with zero attached hydrogens (tertiary/aromatic N) is 2. The summed E-state index contributed by atoms with van der Waals surface area (Å²) in [5, 5.41) is 2.88. The third kappa shape index (κ3) is 4.22. The Labute approximate surface area is 158 Å². The maximum atomic E-state index is 12.3. The topological polar surface area (TPSA) is 67.5 Å². The Morgan fingerprint density at radius 1 is 1.15 bits per heavy atom. The third-order valence-electron chi connectivity index (χ3n) is 4.58. The smallest absolute Gasteiger partial charge is 0.408 e. The van der Waals surface area contributed by atoms with Gasteiger partial charge in [0.2, 0.25) is 5.91 Å². The molecular weight excluding hydrogens is 342 g/mol. The van der Waals surface area contributed by atoms with Gasteiger partial charge in [-0.2, -0.15) is 0 Å². The first-order chi connectivity index (χ1) is 13.0. The van der Waals surface area contributed by atoms with Gasteiger partial charge in [0.05, 0.1) is 5.52 Å². The number of nitrogens with one attached hydrogen (secondary N) is 1. The van der Waals surface area contributed by atoms with Crippen molar-refractivity contribution in [2.24, 2.45) is 0 Å². The highest BCUT2D eigenvalue weighted by Crippen LogP contribution is 2.20. The number of oxazole rings is 1. The van der Waals surface area contributed by atoms with E-state index in [1.807, 2.05) is 42.5 Å². The molecule has 1 amide bonds. The van der Waals surface area contributed by atoms with E-state index >= 15 is 0 Å². The van der Waals surface area contributed by atoms with Crippen molar-refractivity contribution in [2.45, 2.75) is 39.8 Å². The Balaban J connectivity index is 1.62. The average molecular weight is 367 g/mol. The first kappa shape index (κ1) is 18.8. The molecule has 0 unspecified atom stereocenters. The van der Waals surface area contributed by atoms with Crippen LogP contribution in [0.15, 0.2) is 57.7 Å². The number of aromatic nitrogens is 1. The number of aryl methyl sites for hydroxylation is 1. The predicted octanol–water partition coefficient (Wildman–Crippen LogP) is 3.86. The highest BCUT2D eigenvalue weighted by atomic mass is 16.4. The molecule has 1 heterocycles. The van der Waals surface area contributed by atoms with E-state index < -0.39 is 5.76 Å². The van der Waals surface area contributed by atoms with Gasteiger partial charge in [-0.05, 0) is 57.2 Å². The van der Waals surface area contributed by atoms with Crippen LogP contribution in [-0.2, 0) is 11.3 Å². The molecule has 2 aromatic carbocycles. The molecule has 0 saturated heterocycles. The zero-order valence-electron chi connectivity index (χ0n) is 15.9. The largest absolute Gasteiger partial charge is 0.419 e. The number of hydrogen-bond donors (Lipinski definition) is 1. The number of amides is 1. The molecule has 142 valence electrons. The van der Waals surface area contributed by atoms with E-state index in [2.05, 4.69) is 31.0 Å². The van der Waals surface area contributed by atoms with Crippen molar-refractivity contribution < 1.29 is 9.21 Å².